The van der Waals surface area contributed by atoms with E-state index in [0.29, 0.717) is 18.4 Å². The minimum atomic E-state index is 0.264. The minimum Gasteiger partial charge on any atom is -0.352 e. The van der Waals surface area contributed by atoms with Gasteiger partial charge in [0.25, 0.3) is 0 Å². The Morgan fingerprint density at radius 2 is 2.21 bits per heavy atom. The highest BCUT2D eigenvalue weighted by atomic mass is 16.1. The number of hydrogen-bond acceptors (Lipinski definition) is 1. The first-order chi connectivity index (χ1) is 6.66. The summed E-state index contributed by atoms with van der Waals surface area (Å²) in [5.41, 5.74) is 1.03. The summed E-state index contributed by atoms with van der Waals surface area (Å²) in [6, 6.07) is 0. The van der Waals surface area contributed by atoms with Crippen LogP contribution in [-0.4, -0.2) is 12.5 Å². The van der Waals surface area contributed by atoms with Crippen LogP contribution in [0.4, 0.5) is 0 Å². The van der Waals surface area contributed by atoms with Gasteiger partial charge in [-0.2, -0.15) is 0 Å². The van der Waals surface area contributed by atoms with Crippen LogP contribution in [0.1, 0.15) is 32.6 Å². The number of carbonyl (C=O) groups is 1. The van der Waals surface area contributed by atoms with Gasteiger partial charge in [-0.3, -0.25) is 4.79 Å². The van der Waals surface area contributed by atoms with Gasteiger partial charge in [0.15, 0.2) is 0 Å². The van der Waals surface area contributed by atoms with Crippen molar-refractivity contribution in [1.29, 1.82) is 0 Å². The fraction of sp³-hybridized carbons (Fsp3) is 0.750. The van der Waals surface area contributed by atoms with Crippen molar-refractivity contribution in [2.75, 3.05) is 6.54 Å². The number of rotatable bonds is 3. The van der Waals surface area contributed by atoms with Gasteiger partial charge in [-0.15, -0.1) is 0 Å². The predicted molar refractivity (Wildman–Crippen MR) is 56.8 cm³/mol. The molecule has 1 amide bonds. The van der Waals surface area contributed by atoms with Gasteiger partial charge in [0.1, 0.15) is 0 Å². The molecule has 0 radical (unpaired) electrons. The molecule has 0 aromatic heterocycles. The van der Waals surface area contributed by atoms with E-state index in [1.807, 2.05) is 6.92 Å². The van der Waals surface area contributed by atoms with Gasteiger partial charge in [0.05, 0.1) is 0 Å². The summed E-state index contributed by atoms with van der Waals surface area (Å²) in [4.78, 5) is 11.8. The normalized spacial score (nSPS) is 34.5. The van der Waals surface area contributed by atoms with Gasteiger partial charge in [-0.1, -0.05) is 18.6 Å². The van der Waals surface area contributed by atoms with Crippen molar-refractivity contribution < 1.29 is 4.79 Å². The molecule has 2 bridgehead atoms. The molecule has 0 saturated heterocycles. The molecule has 2 rings (SSSR count). The summed E-state index contributed by atoms with van der Waals surface area (Å²) < 4.78 is 0. The molecule has 2 aliphatic carbocycles. The van der Waals surface area contributed by atoms with Crippen molar-refractivity contribution in [3.05, 3.63) is 12.2 Å². The smallest absolute Gasteiger partial charge is 0.223 e. The zero-order valence-electron chi connectivity index (χ0n) is 8.88. The molecule has 0 heterocycles. The molecular formula is C12H19NO. The Morgan fingerprint density at radius 3 is 2.71 bits per heavy atom. The second-order valence-corrected chi connectivity index (χ2v) is 4.96. The Hall–Kier alpha value is -0.790. The van der Waals surface area contributed by atoms with Gasteiger partial charge in [0, 0.05) is 12.5 Å². The van der Waals surface area contributed by atoms with E-state index in [9.17, 15) is 4.79 Å². The molecule has 0 spiro atoms. The molecule has 3 unspecified atom stereocenters. The lowest BCUT2D eigenvalue weighted by Gasteiger charge is -2.20. The molecule has 0 aromatic carbocycles. The lowest BCUT2D eigenvalue weighted by molar-refractivity contribution is -0.126. The van der Waals surface area contributed by atoms with Crippen molar-refractivity contribution >= 4 is 5.91 Å². The van der Waals surface area contributed by atoms with Crippen molar-refractivity contribution in [2.24, 2.45) is 17.8 Å². The molecule has 3 atom stereocenters. The van der Waals surface area contributed by atoms with Crippen molar-refractivity contribution in [3.8, 4) is 0 Å². The molecule has 2 nitrogen and oxygen atoms in total. The third kappa shape index (κ3) is 1.84. The third-order valence-electron chi connectivity index (χ3n) is 3.64. The van der Waals surface area contributed by atoms with Crippen LogP contribution in [0, 0.1) is 17.8 Å². The van der Waals surface area contributed by atoms with Crippen molar-refractivity contribution in [2.45, 2.75) is 32.6 Å². The fourth-order valence-corrected chi connectivity index (χ4v) is 2.93. The summed E-state index contributed by atoms with van der Waals surface area (Å²) in [5, 5.41) is 2.97. The molecule has 2 saturated carbocycles. The zero-order chi connectivity index (χ0) is 10.1. The lowest BCUT2D eigenvalue weighted by Crippen LogP contribution is -2.34. The Morgan fingerprint density at radius 1 is 1.43 bits per heavy atom. The van der Waals surface area contributed by atoms with Gasteiger partial charge in [-0.05, 0) is 38.0 Å². The van der Waals surface area contributed by atoms with E-state index in [2.05, 4.69) is 11.9 Å². The number of amides is 1. The lowest BCUT2D eigenvalue weighted by atomic mass is 9.88. The molecule has 2 heteroatoms. The summed E-state index contributed by atoms with van der Waals surface area (Å²) >= 11 is 0. The average molecular weight is 193 g/mol. The number of nitrogens with one attached hydrogen (secondary N) is 1. The summed E-state index contributed by atoms with van der Waals surface area (Å²) in [6.07, 6.45) is 5.06. The van der Waals surface area contributed by atoms with Crippen molar-refractivity contribution in [1.82, 2.24) is 5.32 Å². The fourth-order valence-electron chi connectivity index (χ4n) is 2.93. The molecule has 0 aliphatic heterocycles. The van der Waals surface area contributed by atoms with Gasteiger partial charge in [0.2, 0.25) is 5.91 Å². The minimum absolute atomic E-state index is 0.264. The quantitative estimate of drug-likeness (QED) is 0.683. The molecule has 78 valence electrons. The van der Waals surface area contributed by atoms with E-state index in [1.54, 1.807) is 0 Å². The molecule has 1 N–H and O–H groups in total. The molecule has 2 fully saturated rings. The van der Waals surface area contributed by atoms with Crippen LogP contribution in [0.5, 0.6) is 0 Å². The highest BCUT2D eigenvalue weighted by molar-refractivity contribution is 5.79. The molecule has 0 aromatic rings. The number of hydrogen-bond donors (Lipinski definition) is 1. The predicted octanol–water partition coefficient (Wildman–Crippen LogP) is 2.11. The van der Waals surface area contributed by atoms with E-state index in [4.69, 9.17) is 0 Å². The van der Waals surface area contributed by atoms with E-state index in [0.717, 1.165) is 17.9 Å². The number of fused-ring (bicyclic) bond motifs is 2. The largest absolute Gasteiger partial charge is 0.352 e. The monoisotopic (exact) mass is 193 g/mol. The Kier molecular flexibility index (Phi) is 2.62. The van der Waals surface area contributed by atoms with Crippen LogP contribution in [-0.2, 0) is 4.79 Å². The molecule has 2 aliphatic rings. The van der Waals surface area contributed by atoms with Crippen LogP contribution < -0.4 is 5.32 Å². The first-order valence-electron chi connectivity index (χ1n) is 5.59. The van der Waals surface area contributed by atoms with E-state index in [1.165, 1.54) is 19.3 Å². The molecular weight excluding hydrogens is 174 g/mol. The van der Waals surface area contributed by atoms with E-state index in [-0.39, 0.29) is 5.91 Å². The SMILES string of the molecule is C=C(C)CNC(=O)C1CC2CCC1C2. The summed E-state index contributed by atoms with van der Waals surface area (Å²) in [5.74, 6) is 2.11. The van der Waals surface area contributed by atoms with Crippen LogP contribution >= 0.6 is 0 Å². The van der Waals surface area contributed by atoms with Crippen LogP contribution in [0.3, 0.4) is 0 Å². The second kappa shape index (κ2) is 3.76. The zero-order valence-corrected chi connectivity index (χ0v) is 8.88. The first kappa shape index (κ1) is 9.75. The third-order valence-corrected chi connectivity index (χ3v) is 3.64. The van der Waals surface area contributed by atoms with E-state index >= 15 is 0 Å². The Bertz CT molecular complexity index is 259. The van der Waals surface area contributed by atoms with Gasteiger partial charge >= 0.3 is 0 Å². The average Bonchev–Trinajstić information content (AvgIpc) is 2.74. The standard InChI is InChI=1S/C12H19NO/c1-8(2)7-13-12(14)11-6-9-3-4-10(11)5-9/h9-11H,1,3-7H2,2H3,(H,13,14). The number of carbonyl (C=O) groups excluding carboxylic acids is 1. The highest BCUT2D eigenvalue weighted by Gasteiger charge is 2.42. The topological polar surface area (TPSA) is 29.1 Å². The van der Waals surface area contributed by atoms with E-state index < -0.39 is 0 Å². The van der Waals surface area contributed by atoms with Crippen LogP contribution in [0.15, 0.2) is 12.2 Å². The molecule has 14 heavy (non-hydrogen) atoms. The summed E-state index contributed by atoms with van der Waals surface area (Å²) in [6.45, 7) is 6.38. The maximum atomic E-state index is 11.8. The van der Waals surface area contributed by atoms with Crippen LogP contribution in [0.25, 0.3) is 0 Å². The maximum Gasteiger partial charge on any atom is 0.223 e. The Balaban J connectivity index is 1.84. The van der Waals surface area contributed by atoms with Gasteiger partial charge in [-0.25, -0.2) is 0 Å². The second-order valence-electron chi connectivity index (χ2n) is 4.96. The summed E-state index contributed by atoms with van der Waals surface area (Å²) in [7, 11) is 0. The Labute approximate surface area is 85.8 Å². The van der Waals surface area contributed by atoms with Crippen molar-refractivity contribution in [3.63, 3.8) is 0 Å². The highest BCUT2D eigenvalue weighted by Crippen LogP contribution is 2.48. The van der Waals surface area contributed by atoms with Gasteiger partial charge < -0.3 is 5.32 Å². The van der Waals surface area contributed by atoms with Crippen LogP contribution in [0.2, 0.25) is 0 Å². The maximum absolute atomic E-state index is 11.8. The first-order valence-corrected chi connectivity index (χ1v) is 5.59.